The summed E-state index contributed by atoms with van der Waals surface area (Å²) in [5.74, 6) is -1.18. The van der Waals surface area contributed by atoms with Gasteiger partial charge in [-0.1, -0.05) is 42.5 Å². The fourth-order valence-corrected chi connectivity index (χ4v) is 1.96. The van der Waals surface area contributed by atoms with Gasteiger partial charge < -0.3 is 10.6 Å². The van der Waals surface area contributed by atoms with Crippen molar-refractivity contribution < 1.29 is 14.7 Å². The quantitative estimate of drug-likeness (QED) is 0.506. The molecule has 0 radical (unpaired) electrons. The van der Waals surface area contributed by atoms with Crippen molar-refractivity contribution in [3.05, 3.63) is 53.6 Å². The molecule has 0 aliphatic heterocycles. The normalized spacial score (nSPS) is 10.0. The summed E-state index contributed by atoms with van der Waals surface area (Å²) in [6.45, 7) is 0. The highest BCUT2D eigenvalue weighted by Gasteiger charge is 2.18. The standard InChI is InChI=1S/C14H12N2O2/c15-16-13(14(17)18)9-8-11-6-3-5-10-4-1-2-7-12(10)11/h1-7H,8-9H2,(H,17,18). The van der Waals surface area contributed by atoms with Crippen molar-refractivity contribution in [2.75, 3.05) is 0 Å². The first-order valence-corrected chi connectivity index (χ1v) is 5.63. The molecule has 2 rings (SSSR count). The number of benzene rings is 2. The van der Waals surface area contributed by atoms with Crippen molar-refractivity contribution in [1.82, 2.24) is 0 Å². The van der Waals surface area contributed by atoms with E-state index in [0.717, 1.165) is 16.3 Å². The van der Waals surface area contributed by atoms with Crippen LogP contribution in [0.5, 0.6) is 0 Å². The zero-order valence-electron chi connectivity index (χ0n) is 9.71. The van der Waals surface area contributed by atoms with E-state index in [1.807, 2.05) is 42.5 Å². The van der Waals surface area contributed by atoms with E-state index >= 15 is 0 Å². The average Bonchev–Trinajstić information content (AvgIpc) is 2.39. The number of carboxylic acids is 1. The Morgan fingerprint density at radius 2 is 1.89 bits per heavy atom. The van der Waals surface area contributed by atoms with Crippen molar-refractivity contribution in [3.8, 4) is 0 Å². The van der Waals surface area contributed by atoms with Crippen LogP contribution in [0.4, 0.5) is 0 Å². The summed E-state index contributed by atoms with van der Waals surface area (Å²) in [4.78, 5) is 13.5. The maximum Gasteiger partial charge on any atom is 0.414 e. The molecular formula is C14H12N2O2. The van der Waals surface area contributed by atoms with E-state index in [-0.39, 0.29) is 12.1 Å². The van der Waals surface area contributed by atoms with Gasteiger partial charge in [0.15, 0.2) is 0 Å². The lowest BCUT2D eigenvalue weighted by atomic mass is 10.00. The van der Waals surface area contributed by atoms with Crippen molar-refractivity contribution in [2.24, 2.45) is 0 Å². The van der Waals surface area contributed by atoms with Crippen molar-refractivity contribution in [1.29, 1.82) is 0 Å². The number of carboxylic acid groups (broad SMARTS) is 1. The summed E-state index contributed by atoms with van der Waals surface area (Å²) in [7, 11) is 0. The van der Waals surface area contributed by atoms with E-state index in [4.69, 9.17) is 10.6 Å². The van der Waals surface area contributed by atoms with Gasteiger partial charge in [0.2, 0.25) is 0 Å². The largest absolute Gasteiger partial charge is 0.473 e. The summed E-state index contributed by atoms with van der Waals surface area (Å²) in [6.07, 6.45) is 0.743. The molecule has 0 saturated carbocycles. The average molecular weight is 240 g/mol. The first kappa shape index (κ1) is 12.0. The van der Waals surface area contributed by atoms with Gasteiger partial charge in [-0.15, -0.1) is 0 Å². The first-order valence-electron chi connectivity index (χ1n) is 5.63. The Morgan fingerprint density at radius 1 is 1.17 bits per heavy atom. The van der Waals surface area contributed by atoms with Gasteiger partial charge >= 0.3 is 11.7 Å². The number of rotatable bonds is 4. The zero-order chi connectivity index (χ0) is 13.0. The third kappa shape index (κ3) is 2.44. The van der Waals surface area contributed by atoms with Gasteiger partial charge in [-0.25, -0.2) is 4.79 Å². The van der Waals surface area contributed by atoms with Gasteiger partial charge in [-0.2, -0.15) is 4.79 Å². The Balaban J connectivity index is 2.27. The van der Waals surface area contributed by atoms with E-state index in [0.29, 0.717) is 6.42 Å². The molecule has 0 bridgehead atoms. The molecule has 0 amide bonds. The lowest BCUT2D eigenvalue weighted by molar-refractivity contribution is -0.134. The van der Waals surface area contributed by atoms with Gasteiger partial charge in [-0.05, 0) is 22.8 Å². The summed E-state index contributed by atoms with van der Waals surface area (Å²) in [6, 6.07) is 13.8. The molecule has 0 aliphatic carbocycles. The maximum absolute atomic E-state index is 10.7. The summed E-state index contributed by atoms with van der Waals surface area (Å²) < 4.78 is 0. The van der Waals surface area contributed by atoms with Crippen LogP contribution in [0.15, 0.2) is 42.5 Å². The smallest absolute Gasteiger partial charge is 0.414 e. The Hall–Kier alpha value is -2.45. The molecule has 0 aromatic heterocycles. The predicted molar refractivity (Wildman–Crippen MR) is 68.5 cm³/mol. The minimum Gasteiger partial charge on any atom is -0.473 e. The molecular weight excluding hydrogens is 228 g/mol. The van der Waals surface area contributed by atoms with Crippen LogP contribution in [0, 0.1) is 0 Å². The number of carbonyl (C=O) groups is 1. The zero-order valence-corrected chi connectivity index (χ0v) is 9.71. The van der Waals surface area contributed by atoms with Crippen LogP contribution >= 0.6 is 0 Å². The van der Waals surface area contributed by atoms with Crippen molar-refractivity contribution in [2.45, 2.75) is 12.8 Å². The van der Waals surface area contributed by atoms with E-state index in [2.05, 4.69) is 4.79 Å². The summed E-state index contributed by atoms with van der Waals surface area (Å²) in [5, 5.41) is 11.0. The molecule has 2 aromatic rings. The molecule has 0 heterocycles. The highest BCUT2D eigenvalue weighted by atomic mass is 16.4. The predicted octanol–water partition coefficient (Wildman–Crippen LogP) is 2.53. The van der Waals surface area contributed by atoms with Gasteiger partial charge in [0.05, 0.1) is 6.42 Å². The lowest BCUT2D eigenvalue weighted by Crippen LogP contribution is -2.14. The Kier molecular flexibility index (Phi) is 3.51. The van der Waals surface area contributed by atoms with Crippen molar-refractivity contribution >= 4 is 22.5 Å². The van der Waals surface area contributed by atoms with E-state index in [1.165, 1.54) is 0 Å². The van der Waals surface area contributed by atoms with E-state index in [9.17, 15) is 4.79 Å². The fraction of sp³-hybridized carbons (Fsp3) is 0.143. The Bertz CT molecular complexity index is 638. The third-order valence-electron chi connectivity index (χ3n) is 2.88. The minimum absolute atomic E-state index is 0.208. The second-order valence-corrected chi connectivity index (χ2v) is 3.99. The number of aryl methyl sites for hydroxylation is 1. The molecule has 4 nitrogen and oxygen atoms in total. The van der Waals surface area contributed by atoms with Crippen molar-refractivity contribution in [3.63, 3.8) is 0 Å². The number of fused-ring (bicyclic) bond motifs is 1. The van der Waals surface area contributed by atoms with Crippen LogP contribution in [0.1, 0.15) is 12.0 Å². The number of nitrogens with zero attached hydrogens (tertiary/aromatic N) is 2. The fourth-order valence-electron chi connectivity index (χ4n) is 1.96. The molecule has 0 saturated heterocycles. The van der Waals surface area contributed by atoms with E-state index in [1.54, 1.807) is 0 Å². The SMILES string of the molecule is [N-]=[N+]=C(CCc1cccc2ccccc12)C(=O)O. The minimum atomic E-state index is -1.18. The number of aliphatic carboxylic acids is 1. The maximum atomic E-state index is 10.7. The van der Waals surface area contributed by atoms with Crippen LogP contribution in [0.2, 0.25) is 0 Å². The lowest BCUT2D eigenvalue weighted by Gasteiger charge is -2.04. The van der Waals surface area contributed by atoms with Crippen LogP contribution < -0.4 is 0 Å². The molecule has 0 spiro atoms. The molecule has 18 heavy (non-hydrogen) atoms. The van der Waals surface area contributed by atoms with Crippen LogP contribution in [0.3, 0.4) is 0 Å². The van der Waals surface area contributed by atoms with Crippen LogP contribution in [-0.2, 0) is 11.2 Å². The van der Waals surface area contributed by atoms with E-state index < -0.39 is 5.97 Å². The first-order chi connectivity index (χ1) is 8.72. The monoisotopic (exact) mass is 240 g/mol. The highest BCUT2D eigenvalue weighted by molar-refractivity contribution is 6.32. The molecule has 0 atom stereocenters. The second kappa shape index (κ2) is 5.25. The number of hydrogen-bond donors (Lipinski definition) is 1. The Labute approximate surface area is 104 Å². The molecule has 4 heteroatoms. The van der Waals surface area contributed by atoms with Crippen LogP contribution in [0.25, 0.3) is 16.3 Å². The number of hydrogen-bond acceptors (Lipinski definition) is 1. The van der Waals surface area contributed by atoms with Gasteiger partial charge in [-0.3, -0.25) is 0 Å². The molecule has 90 valence electrons. The molecule has 1 N–H and O–H groups in total. The summed E-state index contributed by atoms with van der Waals surface area (Å²) >= 11 is 0. The topological polar surface area (TPSA) is 73.7 Å². The Morgan fingerprint density at radius 3 is 2.61 bits per heavy atom. The van der Waals surface area contributed by atoms with Gasteiger partial charge in [0.25, 0.3) is 0 Å². The molecule has 0 unspecified atom stereocenters. The third-order valence-corrected chi connectivity index (χ3v) is 2.88. The molecule has 2 aromatic carbocycles. The molecule has 0 aliphatic rings. The van der Waals surface area contributed by atoms with Gasteiger partial charge in [0.1, 0.15) is 0 Å². The highest BCUT2D eigenvalue weighted by Crippen LogP contribution is 2.19. The second-order valence-electron chi connectivity index (χ2n) is 3.99. The summed E-state index contributed by atoms with van der Waals surface area (Å²) in [5.41, 5.74) is 9.43. The molecule has 0 fully saturated rings. The van der Waals surface area contributed by atoms with Crippen LogP contribution in [-0.4, -0.2) is 21.6 Å². The van der Waals surface area contributed by atoms with Gasteiger partial charge in [0, 0.05) is 0 Å².